The fraction of sp³-hybridized carbons (Fsp3) is 0.250. The Bertz CT molecular complexity index is 2460. The van der Waals surface area contributed by atoms with Gasteiger partial charge in [-0.3, -0.25) is 19.2 Å². The number of benzene rings is 7. The van der Waals surface area contributed by atoms with Crippen LogP contribution < -0.4 is 9.80 Å². The third-order valence-corrected chi connectivity index (χ3v) is 11.7. The standard InChI is InChI=1S/C48H42N2O4/c1-23(2)27-17-28(24(3)4)20-31(19-27)49-45(51)37-13-9-33-35-11-15-39-44-40(16-12-36(42(35)44)34-10-14-38(46(49)52)43(37)41(33)34)48(54)50(47(39)53)32-21-29(25(5)6)18-30(22-32)26(7)8/h9-26H,1-8H3. The number of fused-ring (bicyclic) bond motifs is 2. The number of hydrogen-bond donors (Lipinski definition) is 0. The predicted octanol–water partition coefficient (Wildman–Crippen LogP) is 11.8. The first-order valence-corrected chi connectivity index (χ1v) is 19.0. The van der Waals surface area contributed by atoms with Crippen molar-refractivity contribution in [2.75, 3.05) is 9.80 Å². The highest BCUT2D eigenvalue weighted by molar-refractivity contribution is 6.45. The van der Waals surface area contributed by atoms with Gasteiger partial charge < -0.3 is 0 Å². The molecule has 9 rings (SSSR count). The molecular weight excluding hydrogens is 669 g/mol. The lowest BCUT2D eigenvalue weighted by Crippen LogP contribution is -2.40. The molecule has 0 unspecified atom stereocenters. The second kappa shape index (κ2) is 11.8. The summed E-state index contributed by atoms with van der Waals surface area (Å²) in [5, 5.41) is 6.43. The van der Waals surface area contributed by atoms with E-state index in [9.17, 15) is 19.2 Å². The number of carbonyl (C=O) groups excluding carboxylic acids is 4. The lowest BCUT2D eigenvalue weighted by atomic mass is 9.82. The van der Waals surface area contributed by atoms with E-state index in [2.05, 4.69) is 67.5 Å². The molecule has 0 aromatic heterocycles. The summed E-state index contributed by atoms with van der Waals surface area (Å²) in [5.41, 5.74) is 7.39. The Morgan fingerprint density at radius 1 is 0.333 bits per heavy atom. The van der Waals surface area contributed by atoms with Gasteiger partial charge in [0.1, 0.15) is 0 Å². The van der Waals surface area contributed by atoms with Gasteiger partial charge in [-0.25, -0.2) is 9.80 Å². The molecule has 2 aliphatic heterocycles. The molecule has 6 nitrogen and oxygen atoms in total. The largest absolute Gasteiger partial charge is 0.268 e. The summed E-state index contributed by atoms with van der Waals surface area (Å²) in [5.74, 6) is -0.485. The van der Waals surface area contributed by atoms with Crippen LogP contribution in [0, 0.1) is 0 Å². The molecular formula is C48H42N2O4. The maximum Gasteiger partial charge on any atom is 0.265 e. The van der Waals surface area contributed by atoms with Gasteiger partial charge in [-0.15, -0.1) is 0 Å². The maximum atomic E-state index is 14.4. The minimum absolute atomic E-state index is 0.225. The summed E-state index contributed by atoms with van der Waals surface area (Å²) < 4.78 is 0. The van der Waals surface area contributed by atoms with Gasteiger partial charge in [-0.1, -0.05) is 91.8 Å². The van der Waals surface area contributed by atoms with E-state index in [1.54, 1.807) is 0 Å². The Morgan fingerprint density at radius 3 is 0.796 bits per heavy atom. The highest BCUT2D eigenvalue weighted by atomic mass is 16.2. The molecule has 0 saturated heterocycles. The molecule has 2 aliphatic rings. The van der Waals surface area contributed by atoms with E-state index in [1.807, 2.05) is 72.8 Å². The van der Waals surface area contributed by atoms with Gasteiger partial charge in [0.05, 0.1) is 11.4 Å². The lowest BCUT2D eigenvalue weighted by molar-refractivity contribution is 0.0877. The van der Waals surface area contributed by atoms with Gasteiger partial charge >= 0.3 is 0 Å². The molecule has 0 bridgehead atoms. The first-order valence-electron chi connectivity index (χ1n) is 19.0. The molecule has 0 radical (unpaired) electrons. The molecule has 0 saturated carbocycles. The van der Waals surface area contributed by atoms with Crippen LogP contribution in [0.2, 0.25) is 0 Å². The quantitative estimate of drug-likeness (QED) is 0.0978. The fourth-order valence-electron chi connectivity index (χ4n) is 8.65. The van der Waals surface area contributed by atoms with Crippen molar-refractivity contribution in [1.29, 1.82) is 0 Å². The first kappa shape index (κ1) is 33.9. The molecule has 7 aromatic rings. The summed E-state index contributed by atoms with van der Waals surface area (Å²) in [6, 6.07) is 27.3. The van der Waals surface area contributed by atoms with E-state index in [0.717, 1.165) is 54.6 Å². The van der Waals surface area contributed by atoms with Gasteiger partial charge in [-0.05, 0) is 127 Å². The number of amides is 4. The van der Waals surface area contributed by atoms with Crippen LogP contribution in [-0.2, 0) is 0 Å². The SMILES string of the molecule is CC(C)c1cc(C(C)C)cc(N2C(=O)c3ccc4c5ccc6c7c(ccc(c8ccc(c3c48)C2=O)c75)C(=O)N(c2cc(C(C)C)cc(C(C)C)c2)C6=O)c1. The first-order chi connectivity index (χ1) is 25.8. The van der Waals surface area contributed by atoms with E-state index >= 15 is 0 Å². The van der Waals surface area contributed by atoms with Crippen LogP contribution in [0.3, 0.4) is 0 Å². The molecule has 0 atom stereocenters. The Kier molecular flexibility index (Phi) is 7.42. The number of imide groups is 2. The number of hydrogen-bond acceptors (Lipinski definition) is 4. The van der Waals surface area contributed by atoms with Gasteiger partial charge in [0.2, 0.25) is 0 Å². The van der Waals surface area contributed by atoms with Crippen LogP contribution >= 0.6 is 0 Å². The summed E-state index contributed by atoms with van der Waals surface area (Å²) in [4.78, 5) is 60.4. The number of rotatable bonds is 6. The van der Waals surface area contributed by atoms with Gasteiger partial charge in [-0.2, -0.15) is 0 Å². The normalized spacial score (nSPS) is 14.7. The van der Waals surface area contributed by atoms with Crippen LogP contribution in [0.1, 0.15) is 143 Å². The smallest absolute Gasteiger partial charge is 0.265 e. The zero-order valence-corrected chi connectivity index (χ0v) is 31.9. The summed E-state index contributed by atoms with van der Waals surface area (Å²) in [6.45, 7) is 16.9. The van der Waals surface area contributed by atoms with Crippen molar-refractivity contribution in [1.82, 2.24) is 0 Å². The number of carbonyl (C=O) groups is 4. The molecule has 4 amide bonds. The summed E-state index contributed by atoms with van der Waals surface area (Å²) >= 11 is 0. The van der Waals surface area contributed by atoms with Crippen molar-refractivity contribution >= 4 is 78.1 Å². The van der Waals surface area contributed by atoms with Crippen LogP contribution in [0.5, 0.6) is 0 Å². The molecule has 7 aromatic carbocycles. The molecule has 0 aliphatic carbocycles. The Labute approximate surface area is 314 Å². The predicted molar refractivity (Wildman–Crippen MR) is 219 cm³/mol. The minimum atomic E-state index is -0.346. The number of nitrogens with zero attached hydrogens (tertiary/aromatic N) is 2. The Hall–Kier alpha value is -5.88. The van der Waals surface area contributed by atoms with Gasteiger partial charge in [0.15, 0.2) is 0 Å². The lowest BCUT2D eigenvalue weighted by Gasteiger charge is -2.31. The van der Waals surface area contributed by atoms with E-state index in [0.29, 0.717) is 44.4 Å². The van der Waals surface area contributed by atoms with Crippen LogP contribution in [0.25, 0.3) is 43.1 Å². The molecule has 0 spiro atoms. The van der Waals surface area contributed by atoms with E-state index in [4.69, 9.17) is 0 Å². The molecule has 6 heteroatoms. The summed E-state index contributed by atoms with van der Waals surface area (Å²) in [6.07, 6.45) is 0. The second-order valence-electron chi connectivity index (χ2n) is 16.4. The molecule has 0 fully saturated rings. The zero-order chi connectivity index (χ0) is 38.1. The Balaban J connectivity index is 1.24. The average Bonchev–Trinajstić information content (AvgIpc) is 3.15. The monoisotopic (exact) mass is 710 g/mol. The van der Waals surface area contributed by atoms with Crippen molar-refractivity contribution in [3.8, 4) is 0 Å². The van der Waals surface area contributed by atoms with Crippen molar-refractivity contribution in [2.24, 2.45) is 0 Å². The highest BCUT2D eigenvalue weighted by Gasteiger charge is 2.38. The highest BCUT2D eigenvalue weighted by Crippen LogP contribution is 2.47. The molecule has 54 heavy (non-hydrogen) atoms. The van der Waals surface area contributed by atoms with Gasteiger partial charge in [0, 0.05) is 33.0 Å². The van der Waals surface area contributed by atoms with Crippen LogP contribution in [0.4, 0.5) is 11.4 Å². The van der Waals surface area contributed by atoms with Crippen molar-refractivity contribution < 1.29 is 19.2 Å². The van der Waals surface area contributed by atoms with E-state index < -0.39 is 0 Å². The summed E-state index contributed by atoms with van der Waals surface area (Å²) in [7, 11) is 0. The van der Waals surface area contributed by atoms with Gasteiger partial charge in [0.25, 0.3) is 23.6 Å². The topological polar surface area (TPSA) is 74.8 Å². The van der Waals surface area contributed by atoms with E-state index in [1.165, 1.54) is 9.80 Å². The third-order valence-electron chi connectivity index (χ3n) is 11.7. The zero-order valence-electron chi connectivity index (χ0n) is 31.9. The number of anilines is 2. The molecule has 0 N–H and O–H groups in total. The maximum absolute atomic E-state index is 14.4. The van der Waals surface area contributed by atoms with Crippen molar-refractivity contribution in [3.63, 3.8) is 0 Å². The minimum Gasteiger partial charge on any atom is -0.268 e. The Morgan fingerprint density at radius 2 is 0.574 bits per heavy atom. The fourth-order valence-corrected chi connectivity index (χ4v) is 8.65. The van der Waals surface area contributed by atoms with Crippen LogP contribution in [0.15, 0.2) is 84.9 Å². The van der Waals surface area contributed by atoms with E-state index in [-0.39, 0.29) is 47.3 Å². The molecule has 268 valence electrons. The third kappa shape index (κ3) is 4.65. The van der Waals surface area contributed by atoms with Crippen molar-refractivity contribution in [3.05, 3.63) is 129 Å². The average molecular weight is 711 g/mol. The van der Waals surface area contributed by atoms with Crippen LogP contribution in [-0.4, -0.2) is 23.6 Å². The second-order valence-corrected chi connectivity index (χ2v) is 16.4. The van der Waals surface area contributed by atoms with Crippen molar-refractivity contribution in [2.45, 2.75) is 79.1 Å². The molecule has 2 heterocycles.